The number of benzene rings is 1. The van der Waals surface area contributed by atoms with Gasteiger partial charge in [0.2, 0.25) is 5.91 Å². The quantitative estimate of drug-likeness (QED) is 0.864. The van der Waals surface area contributed by atoms with E-state index in [1.807, 2.05) is 13.8 Å². The van der Waals surface area contributed by atoms with E-state index < -0.39 is 11.9 Å². The number of amides is 1. The number of anilines is 1. The van der Waals surface area contributed by atoms with Crippen molar-refractivity contribution in [2.45, 2.75) is 39.3 Å². The molecule has 0 aliphatic heterocycles. The molecule has 0 aliphatic carbocycles. The summed E-state index contributed by atoms with van der Waals surface area (Å²) in [6.45, 7) is 5.59. The van der Waals surface area contributed by atoms with Gasteiger partial charge in [-0.05, 0) is 32.4 Å². The molecule has 0 saturated heterocycles. The summed E-state index contributed by atoms with van der Waals surface area (Å²) in [6.07, 6.45) is 0.851. The summed E-state index contributed by atoms with van der Waals surface area (Å²) in [5, 5.41) is 5.67. The summed E-state index contributed by atoms with van der Waals surface area (Å²) in [6, 6.07) is 4.23. The zero-order chi connectivity index (χ0) is 13.7. The molecule has 1 aromatic rings. The Balaban J connectivity index is 2.67. The van der Waals surface area contributed by atoms with Gasteiger partial charge in [0.15, 0.2) is 5.82 Å². The predicted molar refractivity (Wildman–Crippen MR) is 72.4 cm³/mol. The summed E-state index contributed by atoms with van der Waals surface area (Å²) in [5.41, 5.74) is 0.231. The fourth-order valence-electron chi connectivity index (χ4n) is 1.38. The molecule has 0 bridgehead atoms. The van der Waals surface area contributed by atoms with E-state index in [2.05, 4.69) is 10.6 Å². The van der Waals surface area contributed by atoms with Crippen molar-refractivity contribution in [3.8, 4) is 0 Å². The molecule has 3 nitrogen and oxygen atoms in total. The second-order valence-electron chi connectivity index (χ2n) is 4.29. The maximum absolute atomic E-state index is 13.6. The van der Waals surface area contributed by atoms with Gasteiger partial charge in [-0.15, -0.1) is 0 Å². The van der Waals surface area contributed by atoms with Gasteiger partial charge in [0.05, 0.1) is 10.7 Å². The number of nitrogens with one attached hydrogen (secondary N) is 2. The number of hydrogen-bond acceptors (Lipinski definition) is 2. The molecule has 0 radical (unpaired) electrons. The summed E-state index contributed by atoms with van der Waals surface area (Å²) < 4.78 is 13.6. The first-order valence-electron chi connectivity index (χ1n) is 5.96. The zero-order valence-electron chi connectivity index (χ0n) is 10.8. The van der Waals surface area contributed by atoms with Crippen LogP contribution in [0.5, 0.6) is 0 Å². The fraction of sp³-hybridized carbons (Fsp3) is 0.462. The number of rotatable bonds is 5. The van der Waals surface area contributed by atoms with Crippen LogP contribution in [0.1, 0.15) is 27.2 Å². The molecule has 2 N–H and O–H groups in total. The molecule has 1 aromatic carbocycles. The maximum atomic E-state index is 13.6. The normalized spacial score (nSPS) is 13.8. The molecule has 0 fully saturated rings. The molecule has 0 saturated carbocycles. The average molecular weight is 273 g/mol. The highest BCUT2D eigenvalue weighted by atomic mass is 35.5. The van der Waals surface area contributed by atoms with Crippen LogP contribution in [0.3, 0.4) is 0 Å². The van der Waals surface area contributed by atoms with Crippen molar-refractivity contribution in [3.05, 3.63) is 29.0 Å². The molecule has 0 spiro atoms. The number of hydrogen-bond donors (Lipinski definition) is 2. The van der Waals surface area contributed by atoms with Gasteiger partial charge >= 0.3 is 0 Å². The first kappa shape index (κ1) is 14.8. The van der Waals surface area contributed by atoms with E-state index >= 15 is 0 Å². The van der Waals surface area contributed by atoms with E-state index in [9.17, 15) is 9.18 Å². The fourth-order valence-corrected chi connectivity index (χ4v) is 1.56. The van der Waals surface area contributed by atoms with Crippen LogP contribution < -0.4 is 10.6 Å². The minimum Gasteiger partial charge on any atom is -0.371 e. The molecule has 1 amide bonds. The first-order valence-corrected chi connectivity index (χ1v) is 6.34. The molecule has 2 unspecified atom stereocenters. The third-order valence-electron chi connectivity index (χ3n) is 2.72. The van der Waals surface area contributed by atoms with Crippen molar-refractivity contribution in [2.24, 2.45) is 0 Å². The monoisotopic (exact) mass is 272 g/mol. The third-order valence-corrected chi connectivity index (χ3v) is 3.01. The highest BCUT2D eigenvalue weighted by molar-refractivity contribution is 6.31. The molecule has 100 valence electrons. The second kappa shape index (κ2) is 6.59. The lowest BCUT2D eigenvalue weighted by Crippen LogP contribution is -2.42. The standard InChI is InChI=1S/C13H18ClFN2O/c1-4-8(2)16-13(18)9(3)17-11-7-5-6-10(14)12(11)15/h5-9,17H,4H2,1-3H3,(H,16,18). The Morgan fingerprint density at radius 2 is 2.11 bits per heavy atom. The molecule has 5 heteroatoms. The van der Waals surface area contributed by atoms with Crippen LogP contribution in [0.4, 0.5) is 10.1 Å². The van der Waals surface area contributed by atoms with Crippen molar-refractivity contribution >= 4 is 23.2 Å². The van der Waals surface area contributed by atoms with E-state index in [-0.39, 0.29) is 22.7 Å². The minimum absolute atomic E-state index is 0.0366. The lowest BCUT2D eigenvalue weighted by molar-refractivity contribution is -0.122. The third kappa shape index (κ3) is 3.88. The van der Waals surface area contributed by atoms with E-state index in [0.29, 0.717) is 0 Å². The summed E-state index contributed by atoms with van der Waals surface area (Å²) in [4.78, 5) is 11.8. The lowest BCUT2D eigenvalue weighted by Gasteiger charge is -2.18. The van der Waals surface area contributed by atoms with Crippen LogP contribution in [0.2, 0.25) is 5.02 Å². The Bertz CT molecular complexity index is 425. The van der Waals surface area contributed by atoms with Crippen molar-refractivity contribution in [2.75, 3.05) is 5.32 Å². The Labute approximate surface area is 112 Å². The molecule has 0 aromatic heterocycles. The average Bonchev–Trinajstić information content (AvgIpc) is 2.34. The molecule has 2 atom stereocenters. The highest BCUT2D eigenvalue weighted by Gasteiger charge is 2.16. The van der Waals surface area contributed by atoms with E-state index in [1.165, 1.54) is 6.07 Å². The molecular weight excluding hydrogens is 255 g/mol. The highest BCUT2D eigenvalue weighted by Crippen LogP contribution is 2.22. The second-order valence-corrected chi connectivity index (χ2v) is 4.69. The van der Waals surface area contributed by atoms with E-state index in [0.717, 1.165) is 6.42 Å². The molecule has 0 aliphatic rings. The van der Waals surface area contributed by atoms with Crippen molar-refractivity contribution in [3.63, 3.8) is 0 Å². The smallest absolute Gasteiger partial charge is 0.242 e. The van der Waals surface area contributed by atoms with Gasteiger partial charge in [-0.3, -0.25) is 4.79 Å². The van der Waals surface area contributed by atoms with Crippen LogP contribution in [-0.2, 0) is 4.79 Å². The van der Waals surface area contributed by atoms with Crippen LogP contribution in [-0.4, -0.2) is 18.0 Å². The predicted octanol–water partition coefficient (Wildman–Crippen LogP) is 3.19. The van der Waals surface area contributed by atoms with Crippen LogP contribution in [0, 0.1) is 5.82 Å². The first-order chi connectivity index (χ1) is 8.45. The van der Waals surface area contributed by atoms with Crippen molar-refractivity contribution < 1.29 is 9.18 Å². The SMILES string of the molecule is CCC(C)NC(=O)C(C)Nc1cccc(Cl)c1F. The maximum Gasteiger partial charge on any atom is 0.242 e. The number of halogens is 2. The Morgan fingerprint density at radius 1 is 1.44 bits per heavy atom. The molecule has 1 rings (SSSR count). The molecular formula is C13H18ClFN2O. The van der Waals surface area contributed by atoms with Gasteiger partial charge in [-0.1, -0.05) is 24.6 Å². The largest absolute Gasteiger partial charge is 0.371 e. The van der Waals surface area contributed by atoms with Crippen molar-refractivity contribution in [1.29, 1.82) is 0 Å². The zero-order valence-corrected chi connectivity index (χ0v) is 11.5. The molecule has 0 heterocycles. The van der Waals surface area contributed by atoms with Gasteiger partial charge in [0, 0.05) is 6.04 Å². The number of carbonyl (C=O) groups excluding carboxylic acids is 1. The Morgan fingerprint density at radius 3 is 2.72 bits per heavy atom. The number of carbonyl (C=O) groups is 1. The van der Waals surface area contributed by atoms with Crippen LogP contribution in [0.15, 0.2) is 18.2 Å². The van der Waals surface area contributed by atoms with Gasteiger partial charge in [-0.25, -0.2) is 4.39 Å². The van der Waals surface area contributed by atoms with Crippen LogP contribution >= 0.6 is 11.6 Å². The Hall–Kier alpha value is -1.29. The Kier molecular flexibility index (Phi) is 5.41. The summed E-state index contributed by atoms with van der Waals surface area (Å²) in [7, 11) is 0. The van der Waals surface area contributed by atoms with E-state index in [1.54, 1.807) is 19.1 Å². The summed E-state index contributed by atoms with van der Waals surface area (Å²) in [5.74, 6) is -0.703. The van der Waals surface area contributed by atoms with Crippen LogP contribution in [0.25, 0.3) is 0 Å². The topological polar surface area (TPSA) is 41.1 Å². The summed E-state index contributed by atoms with van der Waals surface area (Å²) >= 11 is 5.67. The van der Waals surface area contributed by atoms with Crippen molar-refractivity contribution in [1.82, 2.24) is 5.32 Å². The van der Waals surface area contributed by atoms with Gasteiger partial charge in [-0.2, -0.15) is 0 Å². The lowest BCUT2D eigenvalue weighted by atomic mass is 10.2. The molecule has 18 heavy (non-hydrogen) atoms. The minimum atomic E-state index is -0.539. The van der Waals surface area contributed by atoms with Gasteiger partial charge in [0.1, 0.15) is 6.04 Å². The van der Waals surface area contributed by atoms with Gasteiger partial charge in [0.25, 0.3) is 0 Å². The van der Waals surface area contributed by atoms with E-state index in [4.69, 9.17) is 11.6 Å². The van der Waals surface area contributed by atoms with Gasteiger partial charge < -0.3 is 10.6 Å².